The summed E-state index contributed by atoms with van der Waals surface area (Å²) in [5.41, 5.74) is 0.514. The minimum absolute atomic E-state index is 0.000402. The van der Waals surface area contributed by atoms with Crippen LogP contribution in [0, 0.1) is 0 Å². The van der Waals surface area contributed by atoms with Crippen molar-refractivity contribution in [2.75, 3.05) is 31.0 Å². The highest BCUT2D eigenvalue weighted by atomic mass is 32.1. The molecule has 0 aliphatic heterocycles. The Hall–Kier alpha value is -2.96. The summed E-state index contributed by atoms with van der Waals surface area (Å²) in [6.07, 6.45) is -8.65. The SMILES string of the molecule is COc1cccc(NC(=S)Nc2cc(OCC(F)(F)F)cc(OCC(F)(F)C(F)F)c2)c1. The van der Waals surface area contributed by atoms with Crippen molar-refractivity contribution in [2.24, 2.45) is 0 Å². The maximum absolute atomic E-state index is 13.1. The quantitative estimate of drug-likeness (QED) is 0.349. The average molecular weight is 486 g/mol. The van der Waals surface area contributed by atoms with Crippen molar-refractivity contribution in [3.05, 3.63) is 42.5 Å². The number of ether oxygens (including phenoxy) is 3. The van der Waals surface area contributed by atoms with Gasteiger partial charge in [-0.25, -0.2) is 8.78 Å². The molecule has 2 N–H and O–H groups in total. The lowest BCUT2D eigenvalue weighted by molar-refractivity contribution is -0.153. The van der Waals surface area contributed by atoms with Crippen LogP contribution in [0.5, 0.6) is 17.2 Å². The first-order valence-corrected chi connectivity index (χ1v) is 9.14. The molecular formula is C19H17F7N2O3S. The Morgan fingerprint density at radius 2 is 1.44 bits per heavy atom. The van der Waals surface area contributed by atoms with Gasteiger partial charge in [0.05, 0.1) is 7.11 Å². The number of anilines is 2. The van der Waals surface area contributed by atoms with Crippen molar-refractivity contribution in [1.29, 1.82) is 0 Å². The van der Waals surface area contributed by atoms with Crippen LogP contribution in [0.1, 0.15) is 0 Å². The third-order valence-electron chi connectivity index (χ3n) is 3.62. The lowest BCUT2D eigenvalue weighted by Gasteiger charge is -2.18. The molecule has 13 heteroatoms. The third-order valence-corrected chi connectivity index (χ3v) is 3.82. The van der Waals surface area contributed by atoms with Gasteiger partial charge in [-0.1, -0.05) is 6.07 Å². The van der Waals surface area contributed by atoms with E-state index in [2.05, 4.69) is 20.1 Å². The van der Waals surface area contributed by atoms with Crippen molar-refractivity contribution in [3.63, 3.8) is 0 Å². The molecule has 0 amide bonds. The second-order valence-corrected chi connectivity index (χ2v) is 6.67. The van der Waals surface area contributed by atoms with Gasteiger partial charge in [-0.2, -0.15) is 22.0 Å². The molecular weight excluding hydrogens is 469 g/mol. The van der Waals surface area contributed by atoms with Crippen LogP contribution in [-0.4, -0.2) is 44.0 Å². The lowest BCUT2D eigenvalue weighted by Crippen LogP contribution is -2.33. The molecule has 0 radical (unpaired) electrons. The third kappa shape index (κ3) is 8.29. The molecule has 0 atom stereocenters. The number of benzene rings is 2. The highest BCUT2D eigenvalue weighted by Crippen LogP contribution is 2.30. The summed E-state index contributed by atoms with van der Waals surface area (Å²) in [6, 6.07) is 9.66. The second-order valence-electron chi connectivity index (χ2n) is 6.26. The molecule has 0 saturated carbocycles. The molecule has 0 saturated heterocycles. The average Bonchev–Trinajstić information content (AvgIpc) is 2.70. The molecule has 176 valence electrons. The molecule has 0 aliphatic rings. The van der Waals surface area contributed by atoms with Crippen LogP contribution in [0.25, 0.3) is 0 Å². The fourth-order valence-electron chi connectivity index (χ4n) is 2.21. The van der Waals surface area contributed by atoms with E-state index in [1.54, 1.807) is 24.3 Å². The topological polar surface area (TPSA) is 51.8 Å². The Morgan fingerprint density at radius 1 is 0.875 bits per heavy atom. The van der Waals surface area contributed by atoms with Gasteiger partial charge in [0.1, 0.15) is 17.2 Å². The summed E-state index contributed by atoms with van der Waals surface area (Å²) in [4.78, 5) is 0. The van der Waals surface area contributed by atoms with E-state index >= 15 is 0 Å². The van der Waals surface area contributed by atoms with Gasteiger partial charge >= 0.3 is 18.5 Å². The summed E-state index contributed by atoms with van der Waals surface area (Å²) in [5.74, 6) is -4.78. The normalized spacial score (nSPS) is 11.8. The van der Waals surface area contributed by atoms with Crippen LogP contribution >= 0.6 is 12.2 Å². The number of halogens is 7. The monoisotopic (exact) mass is 486 g/mol. The Balaban J connectivity index is 2.18. The van der Waals surface area contributed by atoms with Crippen molar-refractivity contribution in [3.8, 4) is 17.2 Å². The number of methoxy groups -OCH3 is 1. The van der Waals surface area contributed by atoms with Gasteiger partial charge in [0.25, 0.3) is 0 Å². The maximum atomic E-state index is 13.1. The maximum Gasteiger partial charge on any atom is 0.422 e. The zero-order valence-electron chi connectivity index (χ0n) is 16.3. The van der Waals surface area contributed by atoms with Crippen molar-refractivity contribution in [2.45, 2.75) is 18.5 Å². The second kappa shape index (κ2) is 10.6. The van der Waals surface area contributed by atoms with E-state index in [4.69, 9.17) is 17.0 Å². The van der Waals surface area contributed by atoms with Crippen LogP contribution in [0.15, 0.2) is 42.5 Å². The molecule has 0 fully saturated rings. The highest BCUT2D eigenvalue weighted by molar-refractivity contribution is 7.80. The molecule has 0 aliphatic carbocycles. The molecule has 0 heterocycles. The van der Waals surface area contributed by atoms with E-state index in [0.29, 0.717) is 11.4 Å². The van der Waals surface area contributed by atoms with E-state index in [1.165, 1.54) is 7.11 Å². The summed E-state index contributed by atoms with van der Waals surface area (Å²) in [6.45, 7) is -3.37. The smallest absolute Gasteiger partial charge is 0.422 e. The first-order chi connectivity index (χ1) is 14.9. The highest BCUT2D eigenvalue weighted by Gasteiger charge is 2.41. The van der Waals surface area contributed by atoms with E-state index in [9.17, 15) is 30.7 Å². The summed E-state index contributed by atoms with van der Waals surface area (Å²) in [7, 11) is 1.46. The Labute approximate surface area is 183 Å². The summed E-state index contributed by atoms with van der Waals surface area (Å²) in [5, 5.41) is 5.40. The largest absolute Gasteiger partial charge is 0.497 e. The Kier molecular flexibility index (Phi) is 8.36. The Bertz CT molecular complexity index is 926. The zero-order chi connectivity index (χ0) is 23.9. The van der Waals surface area contributed by atoms with Crippen LogP contribution in [0.4, 0.5) is 42.1 Å². The van der Waals surface area contributed by atoms with Gasteiger partial charge in [0.15, 0.2) is 18.3 Å². The van der Waals surface area contributed by atoms with Gasteiger partial charge in [0, 0.05) is 35.6 Å². The number of hydrogen-bond donors (Lipinski definition) is 2. The van der Waals surface area contributed by atoms with Crippen LogP contribution in [0.3, 0.4) is 0 Å². The molecule has 0 unspecified atom stereocenters. The molecule has 2 rings (SSSR count). The van der Waals surface area contributed by atoms with Crippen molar-refractivity contribution >= 4 is 28.7 Å². The summed E-state index contributed by atoms with van der Waals surface area (Å²) >= 11 is 5.12. The first kappa shape index (κ1) is 25.3. The van der Waals surface area contributed by atoms with Gasteiger partial charge in [0.2, 0.25) is 0 Å². The number of nitrogens with one attached hydrogen (secondary N) is 2. The molecule has 0 bridgehead atoms. The van der Waals surface area contributed by atoms with E-state index in [1.807, 2.05) is 0 Å². The molecule has 5 nitrogen and oxygen atoms in total. The minimum atomic E-state index is -4.67. The van der Waals surface area contributed by atoms with E-state index < -0.39 is 43.2 Å². The predicted octanol–water partition coefficient (Wildman–Crippen LogP) is 5.72. The molecule has 32 heavy (non-hydrogen) atoms. The van der Waals surface area contributed by atoms with Gasteiger partial charge in [-0.05, 0) is 24.4 Å². The molecule has 2 aromatic carbocycles. The van der Waals surface area contributed by atoms with Crippen molar-refractivity contribution < 1.29 is 44.9 Å². The standard InChI is InChI=1S/C19H17F7N2O3S/c1-29-13-4-2-3-11(5-13)27-17(32)28-12-6-14(30-9-18(22,23)16(20)21)8-15(7-12)31-10-19(24,25)26/h2-8,16H,9-10H2,1H3,(H2,27,28,32). The fraction of sp³-hybridized carbons (Fsp3) is 0.316. The van der Waals surface area contributed by atoms with E-state index in [-0.39, 0.29) is 10.8 Å². The van der Waals surface area contributed by atoms with Gasteiger partial charge in [-0.15, -0.1) is 0 Å². The molecule has 0 aromatic heterocycles. The number of thiocarbonyl (C=S) groups is 1. The lowest BCUT2D eigenvalue weighted by atomic mass is 10.2. The number of hydrogen-bond acceptors (Lipinski definition) is 4. The van der Waals surface area contributed by atoms with Crippen LogP contribution in [-0.2, 0) is 0 Å². The predicted molar refractivity (Wildman–Crippen MR) is 107 cm³/mol. The number of rotatable bonds is 9. The molecule has 2 aromatic rings. The van der Waals surface area contributed by atoms with Crippen LogP contribution < -0.4 is 24.8 Å². The first-order valence-electron chi connectivity index (χ1n) is 8.73. The van der Waals surface area contributed by atoms with Crippen molar-refractivity contribution in [1.82, 2.24) is 0 Å². The fourth-order valence-corrected chi connectivity index (χ4v) is 2.45. The Morgan fingerprint density at radius 3 is 2.00 bits per heavy atom. The van der Waals surface area contributed by atoms with E-state index in [0.717, 1.165) is 18.2 Å². The zero-order valence-corrected chi connectivity index (χ0v) is 17.1. The van der Waals surface area contributed by atoms with Gasteiger partial charge in [-0.3, -0.25) is 0 Å². The summed E-state index contributed by atoms with van der Waals surface area (Å²) < 4.78 is 103. The van der Waals surface area contributed by atoms with Crippen LogP contribution in [0.2, 0.25) is 0 Å². The van der Waals surface area contributed by atoms with Gasteiger partial charge < -0.3 is 24.8 Å². The number of alkyl halides is 7. The molecule has 0 spiro atoms. The minimum Gasteiger partial charge on any atom is -0.497 e.